The van der Waals surface area contributed by atoms with Crippen LogP contribution in [0.5, 0.6) is 0 Å². The lowest BCUT2D eigenvalue weighted by atomic mass is 10.2. The molecule has 26 heavy (non-hydrogen) atoms. The molecule has 3 rings (SSSR count). The van der Waals surface area contributed by atoms with Gasteiger partial charge in [0, 0.05) is 43.0 Å². The third kappa shape index (κ3) is 5.28. The average molecular weight is 379 g/mol. The van der Waals surface area contributed by atoms with Crippen LogP contribution in [0.3, 0.4) is 0 Å². The van der Waals surface area contributed by atoms with Gasteiger partial charge in [-0.1, -0.05) is 11.6 Å². The Morgan fingerprint density at radius 3 is 2.92 bits per heavy atom. The molecule has 1 unspecified atom stereocenters. The number of benzene rings is 1. The Bertz CT molecular complexity index is 734. The summed E-state index contributed by atoms with van der Waals surface area (Å²) < 4.78 is 7.61. The van der Waals surface area contributed by atoms with Gasteiger partial charge >= 0.3 is 5.97 Å². The first-order chi connectivity index (χ1) is 12.5. The molecular formula is C18H23ClN4O3. The fourth-order valence-corrected chi connectivity index (χ4v) is 3.24. The van der Waals surface area contributed by atoms with E-state index in [2.05, 4.69) is 10.00 Å². The molecular weight excluding hydrogens is 356 g/mol. The third-order valence-corrected chi connectivity index (χ3v) is 4.53. The molecule has 1 atom stereocenters. The van der Waals surface area contributed by atoms with Crippen LogP contribution < -0.4 is 0 Å². The summed E-state index contributed by atoms with van der Waals surface area (Å²) in [5.74, 6) is -0.824. The van der Waals surface area contributed by atoms with Crippen LogP contribution in [0, 0.1) is 0 Å². The van der Waals surface area contributed by atoms with Crippen molar-refractivity contribution < 1.29 is 14.6 Å². The number of aliphatic carboxylic acids is 1. The highest BCUT2D eigenvalue weighted by molar-refractivity contribution is 6.30. The Morgan fingerprint density at radius 1 is 1.42 bits per heavy atom. The zero-order valence-corrected chi connectivity index (χ0v) is 15.5. The predicted molar refractivity (Wildman–Crippen MR) is 98.7 cm³/mol. The van der Waals surface area contributed by atoms with E-state index in [4.69, 9.17) is 21.4 Å². The highest BCUT2D eigenvalue weighted by atomic mass is 35.5. The maximum atomic E-state index is 10.8. The van der Waals surface area contributed by atoms with E-state index < -0.39 is 5.97 Å². The maximum Gasteiger partial charge on any atom is 0.317 e. The number of aromatic nitrogens is 2. The number of carbonyl (C=O) groups is 1. The molecule has 2 heterocycles. The van der Waals surface area contributed by atoms with Crippen molar-refractivity contribution in [3.05, 3.63) is 47.2 Å². The summed E-state index contributed by atoms with van der Waals surface area (Å²) in [4.78, 5) is 14.9. The normalized spacial score (nSPS) is 18.3. The number of ether oxygens (including phenoxy) is 1. The van der Waals surface area contributed by atoms with E-state index in [1.165, 1.54) is 0 Å². The van der Waals surface area contributed by atoms with Gasteiger partial charge in [0.25, 0.3) is 0 Å². The number of carboxylic acids is 1. The molecule has 1 aliphatic rings. The van der Waals surface area contributed by atoms with E-state index in [9.17, 15) is 4.79 Å². The Hall–Kier alpha value is -1.93. The van der Waals surface area contributed by atoms with E-state index in [1.54, 1.807) is 11.9 Å². The number of rotatable bonds is 7. The highest BCUT2D eigenvalue weighted by Crippen LogP contribution is 2.15. The zero-order chi connectivity index (χ0) is 18.5. The monoisotopic (exact) mass is 378 g/mol. The van der Waals surface area contributed by atoms with Gasteiger partial charge in [0.2, 0.25) is 0 Å². The second kappa shape index (κ2) is 8.64. The molecule has 0 bridgehead atoms. The van der Waals surface area contributed by atoms with Gasteiger partial charge in [0.15, 0.2) is 0 Å². The standard InChI is InChI=1S/C18H23ClN4O3/c1-21(13-18(24)25)11-17-12-22(6-7-26-17)9-14-8-20-23(10-14)16-4-2-15(19)3-5-16/h2-5,8,10,17H,6-7,9,11-13H2,1H3,(H,24,25). The van der Waals surface area contributed by atoms with Gasteiger partial charge in [0.05, 0.1) is 31.1 Å². The van der Waals surface area contributed by atoms with Crippen LogP contribution >= 0.6 is 11.6 Å². The van der Waals surface area contributed by atoms with Crippen LogP contribution in [-0.4, -0.2) is 76.6 Å². The predicted octanol–water partition coefficient (Wildman–Crippen LogP) is 1.74. The molecule has 7 nitrogen and oxygen atoms in total. The summed E-state index contributed by atoms with van der Waals surface area (Å²) in [6.45, 7) is 3.69. The second-order valence-electron chi connectivity index (χ2n) is 6.59. The molecule has 8 heteroatoms. The number of nitrogens with zero attached hydrogens (tertiary/aromatic N) is 4. The second-order valence-corrected chi connectivity index (χ2v) is 7.02. The quantitative estimate of drug-likeness (QED) is 0.791. The number of hydrogen-bond donors (Lipinski definition) is 1. The largest absolute Gasteiger partial charge is 0.480 e. The fraction of sp³-hybridized carbons (Fsp3) is 0.444. The van der Waals surface area contributed by atoms with E-state index in [0.29, 0.717) is 18.2 Å². The van der Waals surface area contributed by atoms with Gasteiger partial charge in [-0.2, -0.15) is 5.10 Å². The van der Waals surface area contributed by atoms with Crippen molar-refractivity contribution in [2.24, 2.45) is 0 Å². The van der Waals surface area contributed by atoms with Gasteiger partial charge in [-0.05, 0) is 31.3 Å². The van der Waals surface area contributed by atoms with Crippen molar-refractivity contribution >= 4 is 17.6 Å². The summed E-state index contributed by atoms with van der Waals surface area (Å²) in [7, 11) is 1.80. The van der Waals surface area contributed by atoms with Gasteiger partial charge in [-0.25, -0.2) is 4.68 Å². The third-order valence-electron chi connectivity index (χ3n) is 4.28. The first kappa shape index (κ1) is 18.8. The summed E-state index contributed by atoms with van der Waals surface area (Å²) >= 11 is 5.93. The molecule has 0 spiro atoms. The lowest BCUT2D eigenvalue weighted by molar-refractivity contribution is -0.138. The number of carboxylic acid groups (broad SMARTS) is 1. The minimum absolute atomic E-state index is 0.0133. The minimum atomic E-state index is -0.824. The van der Waals surface area contributed by atoms with Crippen molar-refractivity contribution in [1.82, 2.24) is 19.6 Å². The Morgan fingerprint density at radius 2 is 2.19 bits per heavy atom. The fourth-order valence-electron chi connectivity index (χ4n) is 3.11. The van der Waals surface area contributed by atoms with Crippen LogP contribution in [-0.2, 0) is 16.1 Å². The van der Waals surface area contributed by atoms with E-state index in [1.807, 2.05) is 41.3 Å². The van der Waals surface area contributed by atoms with Crippen LogP contribution in [0.4, 0.5) is 0 Å². The van der Waals surface area contributed by atoms with Crippen molar-refractivity contribution in [2.45, 2.75) is 12.6 Å². The highest BCUT2D eigenvalue weighted by Gasteiger charge is 2.22. The zero-order valence-electron chi connectivity index (χ0n) is 14.7. The van der Waals surface area contributed by atoms with Gasteiger partial charge in [-0.3, -0.25) is 14.6 Å². The molecule has 1 aromatic carbocycles. The molecule has 1 N–H and O–H groups in total. The molecule has 1 aromatic heterocycles. The first-order valence-electron chi connectivity index (χ1n) is 8.53. The van der Waals surface area contributed by atoms with Crippen molar-refractivity contribution in [2.75, 3.05) is 39.8 Å². The molecule has 2 aromatic rings. The lowest BCUT2D eigenvalue weighted by Gasteiger charge is -2.34. The van der Waals surface area contributed by atoms with Gasteiger partial charge in [-0.15, -0.1) is 0 Å². The average Bonchev–Trinajstić information content (AvgIpc) is 3.03. The van der Waals surface area contributed by atoms with E-state index in [0.717, 1.165) is 30.9 Å². The Kier molecular flexibility index (Phi) is 6.26. The van der Waals surface area contributed by atoms with E-state index >= 15 is 0 Å². The van der Waals surface area contributed by atoms with Crippen LogP contribution in [0.1, 0.15) is 5.56 Å². The summed E-state index contributed by atoms with van der Waals surface area (Å²) in [5, 5.41) is 14.0. The Labute approximate surface area is 157 Å². The molecule has 1 saturated heterocycles. The SMILES string of the molecule is CN(CC(=O)O)CC1CN(Cc2cnn(-c3ccc(Cl)cc3)c2)CCO1. The summed E-state index contributed by atoms with van der Waals surface area (Å²) in [5.41, 5.74) is 2.09. The maximum absolute atomic E-state index is 10.8. The Balaban J connectivity index is 1.55. The molecule has 1 aliphatic heterocycles. The number of halogens is 1. The first-order valence-corrected chi connectivity index (χ1v) is 8.91. The van der Waals surface area contributed by atoms with E-state index in [-0.39, 0.29) is 12.6 Å². The molecule has 1 fully saturated rings. The van der Waals surface area contributed by atoms with Crippen molar-refractivity contribution in [3.63, 3.8) is 0 Å². The molecule has 0 saturated carbocycles. The molecule has 0 aliphatic carbocycles. The molecule has 0 radical (unpaired) electrons. The smallest absolute Gasteiger partial charge is 0.317 e. The summed E-state index contributed by atoms with van der Waals surface area (Å²) in [6.07, 6.45) is 3.90. The number of hydrogen-bond acceptors (Lipinski definition) is 5. The van der Waals surface area contributed by atoms with Gasteiger partial charge < -0.3 is 9.84 Å². The molecule has 140 valence electrons. The minimum Gasteiger partial charge on any atom is -0.480 e. The van der Waals surface area contributed by atoms with Crippen LogP contribution in [0.25, 0.3) is 5.69 Å². The molecule has 0 amide bonds. The van der Waals surface area contributed by atoms with Crippen molar-refractivity contribution in [1.29, 1.82) is 0 Å². The number of likely N-dealkylation sites (N-methyl/N-ethyl adjacent to an activating group) is 1. The topological polar surface area (TPSA) is 70.8 Å². The van der Waals surface area contributed by atoms with Gasteiger partial charge in [0.1, 0.15) is 0 Å². The summed E-state index contributed by atoms with van der Waals surface area (Å²) in [6, 6.07) is 7.56. The van der Waals surface area contributed by atoms with Crippen LogP contribution in [0.2, 0.25) is 5.02 Å². The lowest BCUT2D eigenvalue weighted by Crippen LogP contribution is -2.47. The van der Waals surface area contributed by atoms with Crippen molar-refractivity contribution in [3.8, 4) is 5.69 Å². The number of morpholine rings is 1. The van der Waals surface area contributed by atoms with Crippen LogP contribution in [0.15, 0.2) is 36.7 Å².